The maximum absolute atomic E-state index is 12.6. The zero-order valence-electron chi connectivity index (χ0n) is 14.2. The second-order valence-corrected chi connectivity index (χ2v) is 6.76. The van der Waals surface area contributed by atoms with Gasteiger partial charge in [-0.2, -0.15) is 0 Å². The monoisotopic (exact) mass is 338 g/mol. The number of rotatable bonds is 3. The predicted molar refractivity (Wildman–Crippen MR) is 96.0 cm³/mol. The van der Waals surface area contributed by atoms with Crippen molar-refractivity contribution in [2.75, 3.05) is 13.1 Å². The van der Waals surface area contributed by atoms with Gasteiger partial charge in [0, 0.05) is 32.6 Å². The second-order valence-electron chi connectivity index (χ2n) is 6.76. The largest absolute Gasteiger partial charge is 0.508 e. The van der Waals surface area contributed by atoms with E-state index in [2.05, 4.69) is 14.9 Å². The molecular formula is C19H22N4O2. The molecule has 0 unspecified atom stereocenters. The molecule has 0 amide bonds. The van der Waals surface area contributed by atoms with Gasteiger partial charge in [0.2, 0.25) is 0 Å². The summed E-state index contributed by atoms with van der Waals surface area (Å²) in [5.41, 5.74) is 3.59. The molecule has 0 saturated carbocycles. The van der Waals surface area contributed by atoms with E-state index in [1.807, 2.05) is 12.1 Å². The molecule has 1 aromatic carbocycles. The number of hydrogen-bond acceptors (Lipinski definition) is 5. The highest BCUT2D eigenvalue weighted by atomic mass is 16.3. The minimum atomic E-state index is -0.0473. The van der Waals surface area contributed by atoms with Crippen LogP contribution >= 0.6 is 0 Å². The summed E-state index contributed by atoms with van der Waals surface area (Å²) in [5, 5.41) is 9.60. The van der Waals surface area contributed by atoms with E-state index in [0.29, 0.717) is 18.9 Å². The Morgan fingerprint density at radius 3 is 2.96 bits per heavy atom. The number of phenols is 1. The Labute approximate surface area is 146 Å². The van der Waals surface area contributed by atoms with Crippen LogP contribution in [0.5, 0.6) is 5.75 Å². The molecule has 130 valence electrons. The Kier molecular flexibility index (Phi) is 4.36. The highest BCUT2D eigenvalue weighted by Crippen LogP contribution is 2.19. The molecule has 0 atom stereocenters. The molecule has 1 aromatic heterocycles. The van der Waals surface area contributed by atoms with Gasteiger partial charge in [-0.05, 0) is 37.0 Å². The fourth-order valence-corrected chi connectivity index (χ4v) is 3.56. The lowest BCUT2D eigenvalue weighted by Gasteiger charge is -2.28. The number of phenolic OH excluding ortho intramolecular Hbond substituents is 1. The SMILES string of the molecule is O=c1[nH]c(C2=NCCCC2)nc2c1CN(Cc1cccc(O)c1)CC2. The van der Waals surface area contributed by atoms with Gasteiger partial charge < -0.3 is 10.1 Å². The first-order valence-corrected chi connectivity index (χ1v) is 8.85. The lowest BCUT2D eigenvalue weighted by Crippen LogP contribution is -2.36. The van der Waals surface area contributed by atoms with E-state index in [1.54, 1.807) is 12.1 Å². The summed E-state index contributed by atoms with van der Waals surface area (Å²) in [6.45, 7) is 2.97. The van der Waals surface area contributed by atoms with Crippen molar-refractivity contribution in [3.8, 4) is 5.75 Å². The molecule has 2 aliphatic heterocycles. The number of aromatic amines is 1. The summed E-state index contributed by atoms with van der Waals surface area (Å²) in [4.78, 5) is 26.9. The Balaban J connectivity index is 1.55. The number of hydrogen-bond donors (Lipinski definition) is 2. The molecule has 0 spiro atoms. The summed E-state index contributed by atoms with van der Waals surface area (Å²) in [7, 11) is 0. The number of nitrogens with zero attached hydrogens (tertiary/aromatic N) is 3. The first kappa shape index (κ1) is 16.0. The van der Waals surface area contributed by atoms with Crippen LogP contribution in [0, 0.1) is 0 Å². The molecule has 6 heteroatoms. The minimum Gasteiger partial charge on any atom is -0.508 e. The topological polar surface area (TPSA) is 81.6 Å². The highest BCUT2D eigenvalue weighted by Gasteiger charge is 2.22. The van der Waals surface area contributed by atoms with Crippen LogP contribution in [0.1, 0.15) is 41.9 Å². The first-order chi connectivity index (χ1) is 12.2. The fourth-order valence-electron chi connectivity index (χ4n) is 3.56. The van der Waals surface area contributed by atoms with Crippen LogP contribution in [0.3, 0.4) is 0 Å². The Bertz CT molecular complexity index is 872. The fraction of sp³-hybridized carbons (Fsp3) is 0.421. The van der Waals surface area contributed by atoms with Crippen LogP contribution in [0.4, 0.5) is 0 Å². The quantitative estimate of drug-likeness (QED) is 0.897. The average Bonchev–Trinajstić information content (AvgIpc) is 2.63. The average molecular weight is 338 g/mol. The molecule has 6 nitrogen and oxygen atoms in total. The highest BCUT2D eigenvalue weighted by molar-refractivity contribution is 5.97. The van der Waals surface area contributed by atoms with E-state index < -0.39 is 0 Å². The van der Waals surface area contributed by atoms with Gasteiger partial charge in [-0.1, -0.05) is 12.1 Å². The van der Waals surface area contributed by atoms with Gasteiger partial charge in [-0.3, -0.25) is 14.7 Å². The zero-order valence-corrected chi connectivity index (χ0v) is 14.2. The third-order valence-electron chi connectivity index (χ3n) is 4.86. The van der Waals surface area contributed by atoms with E-state index >= 15 is 0 Å². The number of benzene rings is 1. The maximum Gasteiger partial charge on any atom is 0.255 e. The zero-order chi connectivity index (χ0) is 17.2. The van der Waals surface area contributed by atoms with E-state index in [-0.39, 0.29) is 11.3 Å². The molecule has 25 heavy (non-hydrogen) atoms. The maximum atomic E-state index is 12.6. The lowest BCUT2D eigenvalue weighted by atomic mass is 10.0. The Morgan fingerprint density at radius 1 is 1.24 bits per heavy atom. The van der Waals surface area contributed by atoms with Gasteiger partial charge in [0.05, 0.1) is 17.0 Å². The molecule has 0 fully saturated rings. The summed E-state index contributed by atoms with van der Waals surface area (Å²) in [5.74, 6) is 0.928. The normalized spacial score (nSPS) is 17.8. The van der Waals surface area contributed by atoms with Crippen molar-refractivity contribution < 1.29 is 5.11 Å². The van der Waals surface area contributed by atoms with Gasteiger partial charge in [0.15, 0.2) is 5.82 Å². The summed E-state index contributed by atoms with van der Waals surface area (Å²) < 4.78 is 0. The van der Waals surface area contributed by atoms with Gasteiger partial charge in [0.25, 0.3) is 5.56 Å². The van der Waals surface area contributed by atoms with E-state index in [4.69, 9.17) is 4.98 Å². The number of aromatic hydroxyl groups is 1. The van der Waals surface area contributed by atoms with Crippen LogP contribution in [0.15, 0.2) is 34.1 Å². The number of aromatic nitrogens is 2. The Morgan fingerprint density at radius 2 is 2.16 bits per heavy atom. The van der Waals surface area contributed by atoms with Crippen molar-refractivity contribution in [2.24, 2.45) is 4.99 Å². The summed E-state index contributed by atoms with van der Waals surface area (Å²) in [6.07, 6.45) is 3.88. The molecule has 2 aliphatic rings. The van der Waals surface area contributed by atoms with E-state index in [0.717, 1.165) is 61.3 Å². The van der Waals surface area contributed by atoms with E-state index in [1.165, 1.54) is 0 Å². The van der Waals surface area contributed by atoms with Gasteiger partial charge in [0.1, 0.15) is 5.75 Å². The number of nitrogens with one attached hydrogen (secondary N) is 1. The van der Waals surface area contributed by atoms with Crippen LogP contribution in [0.25, 0.3) is 0 Å². The molecule has 3 heterocycles. The van der Waals surface area contributed by atoms with Crippen LogP contribution in [0.2, 0.25) is 0 Å². The molecule has 2 N–H and O–H groups in total. The van der Waals surface area contributed by atoms with Crippen molar-refractivity contribution in [3.63, 3.8) is 0 Å². The third kappa shape index (κ3) is 3.49. The minimum absolute atomic E-state index is 0.0473. The molecule has 0 bridgehead atoms. The van der Waals surface area contributed by atoms with Crippen LogP contribution in [-0.2, 0) is 19.5 Å². The van der Waals surface area contributed by atoms with Crippen molar-refractivity contribution in [2.45, 2.75) is 38.8 Å². The smallest absolute Gasteiger partial charge is 0.255 e. The molecule has 4 rings (SSSR count). The van der Waals surface area contributed by atoms with E-state index in [9.17, 15) is 9.90 Å². The predicted octanol–water partition coefficient (Wildman–Crippen LogP) is 2.01. The van der Waals surface area contributed by atoms with Crippen molar-refractivity contribution in [1.82, 2.24) is 14.9 Å². The Hall–Kier alpha value is -2.47. The van der Waals surface area contributed by atoms with Gasteiger partial charge in [-0.15, -0.1) is 0 Å². The number of aliphatic imine (C=N–C) groups is 1. The van der Waals surface area contributed by atoms with Crippen molar-refractivity contribution in [1.29, 1.82) is 0 Å². The van der Waals surface area contributed by atoms with Gasteiger partial charge >= 0.3 is 0 Å². The molecule has 0 aliphatic carbocycles. The molecule has 0 saturated heterocycles. The second kappa shape index (κ2) is 6.80. The van der Waals surface area contributed by atoms with Gasteiger partial charge in [-0.25, -0.2) is 4.98 Å². The molecular weight excluding hydrogens is 316 g/mol. The van der Waals surface area contributed by atoms with Crippen molar-refractivity contribution >= 4 is 5.71 Å². The third-order valence-corrected chi connectivity index (χ3v) is 4.86. The first-order valence-electron chi connectivity index (χ1n) is 8.85. The number of fused-ring (bicyclic) bond motifs is 1. The summed E-state index contributed by atoms with van der Waals surface area (Å²) >= 11 is 0. The molecule has 2 aromatic rings. The van der Waals surface area contributed by atoms with Crippen LogP contribution in [-0.4, -0.2) is 38.8 Å². The summed E-state index contributed by atoms with van der Waals surface area (Å²) in [6, 6.07) is 7.26. The lowest BCUT2D eigenvalue weighted by molar-refractivity contribution is 0.241. The van der Waals surface area contributed by atoms with Crippen molar-refractivity contribution in [3.05, 3.63) is 57.3 Å². The number of H-pyrrole nitrogens is 1. The van der Waals surface area contributed by atoms with Crippen LogP contribution < -0.4 is 5.56 Å². The standard InChI is InChI=1S/C19H22N4O2/c24-14-5-3-4-13(10-14)11-23-9-7-16-15(12-23)19(25)22-18(21-16)17-6-1-2-8-20-17/h3-5,10,24H,1-2,6-9,11-12H2,(H,21,22,25). The molecule has 0 radical (unpaired) electrons.